The molecule has 2 aromatic heterocycles. The van der Waals surface area contributed by atoms with Gasteiger partial charge in [-0.05, 0) is 6.42 Å². The molecule has 3 heterocycles. The molecule has 1 saturated heterocycles. The van der Waals surface area contributed by atoms with Crippen LogP contribution in [-0.4, -0.2) is 69.3 Å². The van der Waals surface area contributed by atoms with Gasteiger partial charge in [0.2, 0.25) is 0 Å². The highest BCUT2D eigenvalue weighted by molar-refractivity contribution is 9.09. The fourth-order valence-corrected chi connectivity index (χ4v) is 3.87. The van der Waals surface area contributed by atoms with Crippen molar-refractivity contribution in [2.24, 2.45) is 0 Å². The predicted octanol–water partition coefficient (Wildman–Crippen LogP) is -0.708. The highest BCUT2D eigenvalue weighted by Crippen LogP contribution is 2.44. The number of halogens is 1. The summed E-state index contributed by atoms with van der Waals surface area (Å²) in [4.78, 5) is 29.7. The molecule has 0 amide bonds. The van der Waals surface area contributed by atoms with Gasteiger partial charge >= 0.3 is 7.82 Å². The van der Waals surface area contributed by atoms with E-state index in [4.69, 9.17) is 20.3 Å². The van der Waals surface area contributed by atoms with Gasteiger partial charge in [-0.15, -0.1) is 0 Å². The first kappa shape index (κ1) is 19.6. The van der Waals surface area contributed by atoms with E-state index in [-0.39, 0.29) is 17.9 Å². The number of hydrogen-bond donors (Lipinski definition) is 5. The molecule has 1 aliphatic rings. The van der Waals surface area contributed by atoms with E-state index in [1.165, 1.54) is 17.2 Å². The van der Waals surface area contributed by atoms with Gasteiger partial charge in [0.25, 0.3) is 0 Å². The molecule has 0 radical (unpaired) electrons. The molecule has 0 unspecified atom stereocenters. The van der Waals surface area contributed by atoms with Gasteiger partial charge in [-0.1, -0.05) is 15.9 Å². The molecular formula is C12H17BrN5O7P. The van der Waals surface area contributed by atoms with Gasteiger partial charge in [-0.25, -0.2) is 19.5 Å². The number of nitrogens with two attached hydrogens (primary N) is 1. The highest BCUT2D eigenvalue weighted by Gasteiger charge is 2.56. The second-order valence-electron chi connectivity index (χ2n) is 5.77. The van der Waals surface area contributed by atoms with Crippen molar-refractivity contribution in [3.8, 4) is 0 Å². The molecule has 1 fully saturated rings. The quantitative estimate of drug-likeness (QED) is 0.274. The van der Waals surface area contributed by atoms with E-state index in [2.05, 4.69) is 35.4 Å². The first-order chi connectivity index (χ1) is 12.2. The third-order valence-corrected chi connectivity index (χ3v) is 5.02. The van der Waals surface area contributed by atoms with E-state index in [9.17, 15) is 14.8 Å². The summed E-state index contributed by atoms with van der Waals surface area (Å²) in [6, 6.07) is 0. The number of fused-ring (bicyclic) bond motifs is 1. The van der Waals surface area contributed by atoms with Gasteiger partial charge in [0.1, 0.15) is 29.7 Å². The van der Waals surface area contributed by atoms with Gasteiger partial charge in [0.15, 0.2) is 17.7 Å². The van der Waals surface area contributed by atoms with Gasteiger partial charge in [0, 0.05) is 5.33 Å². The molecule has 0 saturated carbocycles. The Morgan fingerprint density at radius 1 is 1.42 bits per heavy atom. The third-order valence-electron chi connectivity index (χ3n) is 4.14. The van der Waals surface area contributed by atoms with Crippen LogP contribution in [0.4, 0.5) is 5.82 Å². The topological polar surface area (TPSA) is 186 Å². The zero-order chi connectivity index (χ0) is 19.1. The van der Waals surface area contributed by atoms with E-state index in [0.717, 1.165) is 0 Å². The summed E-state index contributed by atoms with van der Waals surface area (Å²) in [6.07, 6.45) is -1.18. The Labute approximate surface area is 155 Å². The Kier molecular flexibility index (Phi) is 5.34. The number of ether oxygens (including phenoxy) is 1. The molecule has 144 valence electrons. The minimum absolute atomic E-state index is 0.0749. The van der Waals surface area contributed by atoms with Crippen molar-refractivity contribution < 1.29 is 33.8 Å². The van der Waals surface area contributed by atoms with Crippen LogP contribution in [0.3, 0.4) is 0 Å². The summed E-state index contributed by atoms with van der Waals surface area (Å²) in [5.74, 6) is 0.137. The number of nitrogens with zero attached hydrogens (tertiary/aromatic N) is 4. The average Bonchev–Trinajstić information content (AvgIpc) is 3.07. The predicted molar refractivity (Wildman–Crippen MR) is 91.0 cm³/mol. The number of aromatic nitrogens is 4. The standard InChI is InChI=1S/C12H17BrN5O7P/c13-2-1-12(20)8(19)6(3-24-26(21,22)23)25-11(12)18-5-17-7-9(14)15-4-16-10(7)18/h4-6,8,11,19-20H,1-3H2,(H2,14,15,16)(H2,21,22,23)/t6-,8-,11-,12-/m1/s1. The monoisotopic (exact) mass is 453 g/mol. The van der Waals surface area contributed by atoms with Gasteiger partial charge in [-0.2, -0.15) is 0 Å². The SMILES string of the molecule is Nc1ncnc2c1ncn2[C@@H]1O[C@H](COP(=O)(O)O)[C@@H](O)[C@]1(O)CCBr. The van der Waals surface area contributed by atoms with E-state index in [1.54, 1.807) is 0 Å². The largest absolute Gasteiger partial charge is 0.469 e. The van der Waals surface area contributed by atoms with E-state index >= 15 is 0 Å². The van der Waals surface area contributed by atoms with Crippen molar-refractivity contribution in [3.63, 3.8) is 0 Å². The van der Waals surface area contributed by atoms with Crippen molar-refractivity contribution in [1.82, 2.24) is 19.5 Å². The van der Waals surface area contributed by atoms with Crippen molar-refractivity contribution in [1.29, 1.82) is 0 Å². The normalized spacial score (nSPS) is 29.5. The number of phosphoric acid groups is 1. The Bertz CT molecular complexity index is 846. The van der Waals surface area contributed by atoms with E-state index in [1.807, 2.05) is 0 Å². The summed E-state index contributed by atoms with van der Waals surface area (Å²) >= 11 is 3.21. The number of nitrogen functional groups attached to an aromatic ring is 1. The first-order valence-corrected chi connectivity index (χ1v) is 10.1. The second kappa shape index (κ2) is 7.09. The van der Waals surface area contributed by atoms with Crippen LogP contribution in [0.15, 0.2) is 12.7 Å². The van der Waals surface area contributed by atoms with Crippen LogP contribution < -0.4 is 5.73 Å². The van der Waals surface area contributed by atoms with Crippen molar-refractivity contribution >= 4 is 40.7 Å². The summed E-state index contributed by atoms with van der Waals surface area (Å²) in [5, 5.41) is 21.9. The van der Waals surface area contributed by atoms with Crippen molar-refractivity contribution in [2.75, 3.05) is 17.7 Å². The molecule has 6 N–H and O–H groups in total. The van der Waals surface area contributed by atoms with Crippen LogP contribution in [0.2, 0.25) is 0 Å². The molecule has 1 aliphatic heterocycles. The van der Waals surface area contributed by atoms with Crippen LogP contribution >= 0.6 is 23.8 Å². The lowest BCUT2D eigenvalue weighted by Gasteiger charge is -2.31. The van der Waals surface area contributed by atoms with E-state index in [0.29, 0.717) is 10.8 Å². The average molecular weight is 454 g/mol. The van der Waals surface area contributed by atoms with E-state index < -0.39 is 38.5 Å². The molecule has 4 atom stereocenters. The van der Waals surface area contributed by atoms with Crippen molar-refractivity contribution in [2.45, 2.75) is 30.5 Å². The summed E-state index contributed by atoms with van der Waals surface area (Å²) in [5.41, 5.74) is 4.53. The fraction of sp³-hybridized carbons (Fsp3) is 0.583. The van der Waals surface area contributed by atoms with Gasteiger partial charge in [-0.3, -0.25) is 9.09 Å². The fourth-order valence-electron chi connectivity index (χ4n) is 2.90. The lowest BCUT2D eigenvalue weighted by molar-refractivity contribution is -0.108. The zero-order valence-electron chi connectivity index (χ0n) is 13.2. The maximum Gasteiger partial charge on any atom is 0.469 e. The number of imidazole rings is 1. The molecular weight excluding hydrogens is 437 g/mol. The molecule has 0 aromatic carbocycles. The Balaban J connectivity index is 1.97. The lowest BCUT2D eigenvalue weighted by Crippen LogP contribution is -2.47. The minimum Gasteiger partial charge on any atom is -0.387 e. The Hall–Kier alpha value is -1.18. The number of rotatable bonds is 6. The lowest BCUT2D eigenvalue weighted by atomic mass is 9.91. The van der Waals surface area contributed by atoms with Crippen LogP contribution in [-0.2, 0) is 13.8 Å². The summed E-state index contributed by atoms with van der Waals surface area (Å²) < 4.78 is 22.4. The zero-order valence-corrected chi connectivity index (χ0v) is 15.7. The molecule has 0 aliphatic carbocycles. The molecule has 0 spiro atoms. The summed E-state index contributed by atoms with van der Waals surface area (Å²) in [6.45, 7) is -0.615. The molecule has 3 rings (SSSR count). The molecule has 2 aromatic rings. The number of aliphatic hydroxyl groups excluding tert-OH is 1. The van der Waals surface area contributed by atoms with Crippen LogP contribution in [0, 0.1) is 0 Å². The number of alkyl halides is 1. The molecule has 14 heteroatoms. The van der Waals surface area contributed by atoms with Crippen molar-refractivity contribution in [3.05, 3.63) is 12.7 Å². The van der Waals surface area contributed by atoms with Crippen LogP contribution in [0.5, 0.6) is 0 Å². The highest BCUT2D eigenvalue weighted by atomic mass is 79.9. The number of hydrogen-bond acceptors (Lipinski definition) is 9. The smallest absolute Gasteiger partial charge is 0.387 e. The second-order valence-corrected chi connectivity index (χ2v) is 7.80. The number of anilines is 1. The van der Waals surface area contributed by atoms with Crippen LogP contribution in [0.1, 0.15) is 12.6 Å². The summed E-state index contributed by atoms with van der Waals surface area (Å²) in [7, 11) is -4.77. The maximum atomic E-state index is 11.0. The first-order valence-electron chi connectivity index (χ1n) is 7.42. The van der Waals surface area contributed by atoms with Crippen LogP contribution in [0.25, 0.3) is 11.2 Å². The molecule has 12 nitrogen and oxygen atoms in total. The number of phosphoric ester groups is 1. The molecule has 0 bridgehead atoms. The third kappa shape index (κ3) is 3.49. The van der Waals surface area contributed by atoms with Gasteiger partial charge in [0.05, 0.1) is 12.9 Å². The number of aliphatic hydroxyl groups is 2. The Morgan fingerprint density at radius 3 is 2.81 bits per heavy atom. The van der Waals surface area contributed by atoms with Gasteiger partial charge < -0.3 is 30.5 Å². The maximum absolute atomic E-state index is 11.0. The molecule has 26 heavy (non-hydrogen) atoms. The minimum atomic E-state index is -4.77. The Morgan fingerprint density at radius 2 is 2.15 bits per heavy atom.